The number of rotatable bonds is 7. The Kier molecular flexibility index (Phi) is 7.25. The van der Waals surface area contributed by atoms with Gasteiger partial charge >= 0.3 is 0 Å². The number of aryl methyl sites for hydroxylation is 3. The first-order valence-corrected chi connectivity index (χ1v) is 13.0. The molecule has 0 bridgehead atoms. The molecule has 0 saturated carbocycles. The molecule has 0 aliphatic carbocycles. The third-order valence-electron chi connectivity index (χ3n) is 7.20. The zero-order valence-electron chi connectivity index (χ0n) is 23.5. The minimum Gasteiger partial charge on any atom is -0.497 e. The Bertz CT molecular complexity index is 1650. The standard InChI is InChI=1S/C30H32N6O4/c1-18-15-19(2)35(32-18)30-31-21(4)20(3)29(38)34(30)17-28(37)36-27(23-9-13-25(40-6)14-10-23)16-26(33-36)22-7-11-24(39-5)12-8-22/h7-15,27H,16-17H2,1-6H3. The number of nitrogens with zero attached hydrogens (tertiary/aromatic N) is 6. The minimum absolute atomic E-state index is 0.243. The van der Waals surface area contributed by atoms with Crippen LogP contribution >= 0.6 is 0 Å². The average molecular weight is 541 g/mol. The van der Waals surface area contributed by atoms with Crippen LogP contribution in [0.1, 0.15) is 46.2 Å². The van der Waals surface area contributed by atoms with Crippen LogP contribution in [-0.4, -0.2) is 50.2 Å². The molecule has 3 heterocycles. The number of amides is 1. The second-order valence-corrected chi connectivity index (χ2v) is 9.86. The number of hydrazone groups is 1. The molecule has 2 aromatic heterocycles. The van der Waals surface area contributed by atoms with Crippen LogP contribution in [0.25, 0.3) is 5.95 Å². The van der Waals surface area contributed by atoms with Gasteiger partial charge in [-0.25, -0.2) is 14.7 Å². The molecule has 0 saturated heterocycles. The minimum atomic E-state index is -0.358. The van der Waals surface area contributed by atoms with Gasteiger partial charge in [0.1, 0.15) is 18.0 Å². The lowest BCUT2D eigenvalue weighted by atomic mass is 9.98. The van der Waals surface area contributed by atoms with E-state index in [4.69, 9.17) is 14.6 Å². The third kappa shape index (κ3) is 5.00. The first-order chi connectivity index (χ1) is 19.2. The van der Waals surface area contributed by atoms with Crippen molar-refractivity contribution in [3.8, 4) is 17.4 Å². The Morgan fingerprint density at radius 2 is 1.57 bits per heavy atom. The predicted molar refractivity (Wildman–Crippen MR) is 151 cm³/mol. The molecular formula is C30H32N6O4. The molecule has 1 amide bonds. The molecule has 1 aliphatic rings. The van der Waals surface area contributed by atoms with Gasteiger partial charge in [-0.3, -0.25) is 14.2 Å². The van der Waals surface area contributed by atoms with Crippen molar-refractivity contribution in [2.24, 2.45) is 5.10 Å². The summed E-state index contributed by atoms with van der Waals surface area (Å²) in [5.74, 6) is 1.42. The molecular weight excluding hydrogens is 508 g/mol. The summed E-state index contributed by atoms with van der Waals surface area (Å²) in [5, 5.41) is 10.8. The van der Waals surface area contributed by atoms with E-state index in [-0.39, 0.29) is 24.1 Å². The van der Waals surface area contributed by atoms with Crippen molar-refractivity contribution in [1.82, 2.24) is 24.3 Å². The maximum Gasteiger partial charge on any atom is 0.263 e. The highest BCUT2D eigenvalue weighted by molar-refractivity contribution is 6.03. The fourth-order valence-electron chi connectivity index (χ4n) is 4.87. The first kappa shape index (κ1) is 26.9. The summed E-state index contributed by atoms with van der Waals surface area (Å²) in [6, 6.07) is 16.7. The van der Waals surface area contributed by atoms with Crippen LogP contribution in [0.4, 0.5) is 0 Å². The summed E-state index contributed by atoms with van der Waals surface area (Å²) < 4.78 is 13.6. The summed E-state index contributed by atoms with van der Waals surface area (Å²) in [6.07, 6.45) is 0.509. The highest BCUT2D eigenvalue weighted by Crippen LogP contribution is 2.34. The number of hydrogen-bond acceptors (Lipinski definition) is 7. The van der Waals surface area contributed by atoms with Crippen LogP contribution in [0.2, 0.25) is 0 Å². The van der Waals surface area contributed by atoms with Crippen LogP contribution < -0.4 is 15.0 Å². The molecule has 10 nitrogen and oxygen atoms in total. The van der Waals surface area contributed by atoms with Crippen molar-refractivity contribution < 1.29 is 14.3 Å². The van der Waals surface area contributed by atoms with Gasteiger partial charge in [0, 0.05) is 23.4 Å². The Hall–Kier alpha value is -4.73. The number of carbonyl (C=O) groups excluding carboxylic acids is 1. The SMILES string of the molecule is COc1ccc(C2=NN(C(=O)Cn3c(-n4nc(C)cc4C)nc(C)c(C)c3=O)C(c3ccc(OC)cc3)C2)cc1. The molecule has 1 unspecified atom stereocenters. The number of aromatic nitrogens is 4. The van der Waals surface area contributed by atoms with Gasteiger partial charge in [0.25, 0.3) is 11.5 Å². The first-order valence-electron chi connectivity index (χ1n) is 13.0. The van der Waals surface area contributed by atoms with E-state index in [9.17, 15) is 9.59 Å². The van der Waals surface area contributed by atoms with E-state index >= 15 is 0 Å². The molecule has 1 atom stereocenters. The van der Waals surface area contributed by atoms with E-state index in [1.807, 2.05) is 68.4 Å². The molecule has 0 radical (unpaired) electrons. The van der Waals surface area contributed by atoms with Crippen LogP contribution in [0, 0.1) is 27.7 Å². The van der Waals surface area contributed by atoms with E-state index in [1.165, 1.54) is 9.58 Å². The van der Waals surface area contributed by atoms with E-state index in [0.717, 1.165) is 39.7 Å². The highest BCUT2D eigenvalue weighted by Gasteiger charge is 2.34. The molecule has 10 heteroatoms. The fourth-order valence-corrected chi connectivity index (χ4v) is 4.87. The number of benzene rings is 2. The van der Waals surface area contributed by atoms with Gasteiger partial charge in [0.05, 0.1) is 31.7 Å². The Morgan fingerprint density at radius 3 is 2.15 bits per heavy atom. The van der Waals surface area contributed by atoms with Crippen molar-refractivity contribution >= 4 is 11.6 Å². The maximum absolute atomic E-state index is 14.0. The van der Waals surface area contributed by atoms with Crippen molar-refractivity contribution in [1.29, 1.82) is 0 Å². The average Bonchev–Trinajstić information content (AvgIpc) is 3.56. The topological polar surface area (TPSA) is 104 Å². The van der Waals surface area contributed by atoms with Crippen molar-refractivity contribution in [3.05, 3.63) is 98.7 Å². The zero-order chi connectivity index (χ0) is 28.6. The van der Waals surface area contributed by atoms with Crippen molar-refractivity contribution in [2.75, 3.05) is 14.2 Å². The van der Waals surface area contributed by atoms with Crippen molar-refractivity contribution in [3.63, 3.8) is 0 Å². The zero-order valence-corrected chi connectivity index (χ0v) is 23.5. The maximum atomic E-state index is 14.0. The lowest BCUT2D eigenvalue weighted by Crippen LogP contribution is -2.37. The summed E-state index contributed by atoms with van der Waals surface area (Å²) in [7, 11) is 3.23. The molecule has 40 heavy (non-hydrogen) atoms. The molecule has 2 aromatic carbocycles. The monoisotopic (exact) mass is 540 g/mol. The van der Waals surface area contributed by atoms with Crippen molar-refractivity contribution in [2.45, 2.75) is 46.7 Å². The van der Waals surface area contributed by atoms with Crippen LogP contribution in [0.15, 0.2) is 64.5 Å². The van der Waals surface area contributed by atoms with Gasteiger partial charge < -0.3 is 9.47 Å². The van der Waals surface area contributed by atoms with Gasteiger partial charge in [-0.1, -0.05) is 12.1 Å². The molecule has 4 aromatic rings. The number of carbonyl (C=O) groups is 1. The fraction of sp³-hybridized carbons (Fsp3) is 0.300. The Labute approximate surface area is 232 Å². The molecule has 0 fully saturated rings. The largest absolute Gasteiger partial charge is 0.497 e. The van der Waals surface area contributed by atoms with E-state index in [2.05, 4.69) is 10.1 Å². The lowest BCUT2D eigenvalue weighted by molar-refractivity contribution is -0.133. The Balaban J connectivity index is 1.56. The normalized spacial score (nSPS) is 14.8. The van der Waals surface area contributed by atoms with Crippen LogP contribution in [0.5, 0.6) is 11.5 Å². The summed E-state index contributed by atoms with van der Waals surface area (Å²) in [6.45, 7) is 7.01. The number of methoxy groups -OCH3 is 2. The molecule has 0 N–H and O–H groups in total. The van der Waals surface area contributed by atoms with Gasteiger partial charge in [-0.15, -0.1) is 0 Å². The Morgan fingerprint density at radius 1 is 0.950 bits per heavy atom. The van der Waals surface area contributed by atoms with E-state index in [0.29, 0.717) is 23.6 Å². The van der Waals surface area contributed by atoms with Crippen LogP contribution in [0.3, 0.4) is 0 Å². The predicted octanol–water partition coefficient (Wildman–Crippen LogP) is 4.06. The summed E-state index contributed by atoms with van der Waals surface area (Å²) in [4.78, 5) is 32.1. The highest BCUT2D eigenvalue weighted by atomic mass is 16.5. The summed E-state index contributed by atoms with van der Waals surface area (Å²) in [5.41, 5.74) is 4.95. The van der Waals surface area contributed by atoms with Gasteiger partial charge in [0.15, 0.2) is 0 Å². The molecule has 0 spiro atoms. The molecule has 1 aliphatic heterocycles. The number of hydrogen-bond donors (Lipinski definition) is 0. The van der Waals surface area contributed by atoms with Crippen LogP contribution in [-0.2, 0) is 11.3 Å². The molecule has 5 rings (SSSR count). The lowest BCUT2D eigenvalue weighted by Gasteiger charge is -2.23. The summed E-state index contributed by atoms with van der Waals surface area (Å²) >= 11 is 0. The van der Waals surface area contributed by atoms with Gasteiger partial charge in [-0.2, -0.15) is 10.2 Å². The van der Waals surface area contributed by atoms with E-state index in [1.54, 1.807) is 32.7 Å². The second kappa shape index (κ2) is 10.8. The second-order valence-electron chi connectivity index (χ2n) is 9.86. The third-order valence-corrected chi connectivity index (χ3v) is 7.20. The molecule has 206 valence electrons. The van der Waals surface area contributed by atoms with E-state index < -0.39 is 0 Å². The quantitative estimate of drug-likeness (QED) is 0.350. The smallest absolute Gasteiger partial charge is 0.263 e. The van der Waals surface area contributed by atoms with Gasteiger partial charge in [-0.05, 0) is 81.3 Å². The number of ether oxygens (including phenoxy) is 2. The van der Waals surface area contributed by atoms with Gasteiger partial charge in [0.2, 0.25) is 5.95 Å².